The molecule has 0 amide bonds. The van der Waals surface area contributed by atoms with E-state index in [2.05, 4.69) is 0 Å². The van der Waals surface area contributed by atoms with Gasteiger partial charge in [-0.25, -0.2) is 0 Å². The summed E-state index contributed by atoms with van der Waals surface area (Å²) in [5, 5.41) is 0. The average molecular weight is 244 g/mol. The molecule has 1 N–H and O–H groups in total. The van der Waals surface area contributed by atoms with Gasteiger partial charge in [-0.1, -0.05) is 17.7 Å². The summed E-state index contributed by atoms with van der Waals surface area (Å²) in [7, 11) is -4.02. The fourth-order valence-corrected chi connectivity index (χ4v) is 1.19. The number of hydrogen-bond donors (Lipinski definition) is 1. The Labute approximate surface area is 84.7 Å². The van der Waals surface area contributed by atoms with Gasteiger partial charge in [0.15, 0.2) is 0 Å². The van der Waals surface area contributed by atoms with E-state index in [4.69, 9.17) is 8.39 Å². The molecular weight excluding hydrogens is 236 g/mol. The van der Waals surface area contributed by atoms with Crippen LogP contribution in [-0.4, -0.2) is 13.0 Å². The summed E-state index contributed by atoms with van der Waals surface area (Å²) in [6.45, 7) is 1.84. The van der Waals surface area contributed by atoms with Gasteiger partial charge in [-0.2, -0.15) is 8.42 Å². The third-order valence-electron chi connectivity index (χ3n) is 1.32. The second-order valence-corrected chi connectivity index (χ2v) is 3.71. The third-order valence-corrected chi connectivity index (χ3v) is 2.19. The van der Waals surface area contributed by atoms with Crippen LogP contribution in [0, 0.1) is 6.92 Å². The number of hydrogen-bond acceptors (Lipinski definition) is 3. The summed E-state index contributed by atoms with van der Waals surface area (Å²) in [6.07, 6.45) is 0. The van der Waals surface area contributed by atoms with E-state index in [1.807, 2.05) is 22.9 Å². The first kappa shape index (κ1) is 12.4. The van der Waals surface area contributed by atoms with Crippen molar-refractivity contribution in [3.8, 4) is 0 Å². The summed E-state index contributed by atoms with van der Waals surface area (Å²) >= 11 is 2.00. The van der Waals surface area contributed by atoms with Gasteiger partial charge in [-0.3, -0.25) is 4.55 Å². The maximum absolute atomic E-state index is 10.5. The summed E-state index contributed by atoms with van der Waals surface area (Å²) < 4.78 is 37.6. The standard InChI is InChI=1S/C7H8O3S.Fe.O/c1-6-2-4-7(5-3-6)11(8,9)10;;/h2-5H,1H3,(H,8,9,10);;. The van der Waals surface area contributed by atoms with E-state index in [1.165, 1.54) is 12.1 Å². The molecular formula is C7H8FeO4S. The molecule has 4 nitrogen and oxygen atoms in total. The van der Waals surface area contributed by atoms with Crippen molar-refractivity contribution in [1.29, 1.82) is 0 Å². The Kier molecular flexibility index (Phi) is 5.02. The molecule has 6 heteroatoms. The molecule has 0 aliphatic heterocycles. The Balaban J connectivity index is 0.000000671. The first-order valence-corrected chi connectivity index (χ1v) is 5.08. The monoisotopic (exact) mass is 244 g/mol. The molecule has 0 unspecified atom stereocenters. The second-order valence-electron chi connectivity index (χ2n) is 2.29. The summed E-state index contributed by atoms with van der Waals surface area (Å²) in [5.74, 6) is 0. The molecule has 0 heterocycles. The molecule has 0 saturated carbocycles. The minimum absolute atomic E-state index is 0.0666. The van der Waals surface area contributed by atoms with Crippen molar-refractivity contribution in [2.24, 2.45) is 0 Å². The van der Waals surface area contributed by atoms with E-state index in [0.717, 1.165) is 5.56 Å². The molecule has 0 aliphatic rings. The molecule has 0 spiro atoms. The molecule has 0 radical (unpaired) electrons. The predicted octanol–water partition coefficient (Wildman–Crippen LogP) is 1.12. The van der Waals surface area contributed by atoms with E-state index in [9.17, 15) is 8.42 Å². The van der Waals surface area contributed by atoms with E-state index in [-0.39, 0.29) is 4.90 Å². The zero-order valence-electron chi connectivity index (χ0n) is 6.74. The van der Waals surface area contributed by atoms with Crippen molar-refractivity contribution in [3.63, 3.8) is 0 Å². The zero-order chi connectivity index (χ0) is 10.5. The molecule has 1 aromatic carbocycles. The van der Waals surface area contributed by atoms with E-state index in [1.54, 1.807) is 12.1 Å². The zero-order valence-corrected chi connectivity index (χ0v) is 8.66. The van der Waals surface area contributed by atoms with Gasteiger partial charge in [0.2, 0.25) is 0 Å². The van der Waals surface area contributed by atoms with Crippen molar-refractivity contribution in [3.05, 3.63) is 29.8 Å². The van der Waals surface area contributed by atoms with Crippen molar-refractivity contribution in [1.82, 2.24) is 0 Å². The molecule has 0 aromatic heterocycles. The SMILES string of the molecule is Cc1ccc(S(=O)(=O)O)cc1.[O]=[Fe]. The Morgan fingerprint density at radius 3 is 1.85 bits per heavy atom. The van der Waals surface area contributed by atoms with Crippen LogP contribution in [0.1, 0.15) is 5.56 Å². The summed E-state index contributed by atoms with van der Waals surface area (Å²) in [5.41, 5.74) is 0.956. The fourth-order valence-electron chi connectivity index (χ4n) is 0.710. The molecule has 0 fully saturated rings. The van der Waals surface area contributed by atoms with Crippen molar-refractivity contribution >= 4 is 10.1 Å². The number of aryl methyl sites for hydroxylation is 1. The molecule has 0 saturated heterocycles. The Morgan fingerprint density at radius 2 is 1.54 bits per heavy atom. The van der Waals surface area contributed by atoms with Gasteiger partial charge in [0, 0.05) is 0 Å². The van der Waals surface area contributed by atoms with Crippen LogP contribution < -0.4 is 0 Å². The third kappa shape index (κ3) is 4.28. The predicted molar refractivity (Wildman–Crippen MR) is 41.7 cm³/mol. The Hall–Kier alpha value is -0.551. The van der Waals surface area contributed by atoms with E-state index >= 15 is 0 Å². The Bertz CT molecular complexity index is 357. The average Bonchev–Trinajstić information content (AvgIpc) is 2.07. The first-order chi connectivity index (χ1) is 6.00. The van der Waals surface area contributed by atoms with Gasteiger partial charge < -0.3 is 0 Å². The van der Waals surface area contributed by atoms with Crippen LogP contribution in [0.15, 0.2) is 29.2 Å². The topological polar surface area (TPSA) is 71.4 Å². The summed E-state index contributed by atoms with van der Waals surface area (Å²) in [4.78, 5) is -0.0666. The molecule has 0 aliphatic carbocycles. The summed E-state index contributed by atoms with van der Waals surface area (Å²) in [6, 6.07) is 5.99. The van der Waals surface area contributed by atoms with Gasteiger partial charge >= 0.3 is 19.8 Å². The van der Waals surface area contributed by atoms with Gasteiger partial charge in [-0.15, -0.1) is 0 Å². The molecule has 1 aromatic rings. The molecule has 0 atom stereocenters. The van der Waals surface area contributed by atoms with Crippen molar-refractivity contribution in [2.75, 3.05) is 0 Å². The van der Waals surface area contributed by atoms with Crippen LogP contribution >= 0.6 is 0 Å². The van der Waals surface area contributed by atoms with E-state index in [0.29, 0.717) is 0 Å². The van der Waals surface area contributed by atoms with Gasteiger partial charge in [0.25, 0.3) is 10.1 Å². The maximum atomic E-state index is 10.5. The molecule has 0 bridgehead atoms. The number of benzene rings is 1. The van der Waals surface area contributed by atoms with Crippen LogP contribution in [-0.2, 0) is 29.9 Å². The van der Waals surface area contributed by atoms with Crippen LogP contribution in [0.3, 0.4) is 0 Å². The molecule has 1 rings (SSSR count). The van der Waals surface area contributed by atoms with Gasteiger partial charge in [0.05, 0.1) is 4.90 Å². The van der Waals surface area contributed by atoms with Crippen LogP contribution in [0.2, 0.25) is 0 Å². The quantitative estimate of drug-likeness (QED) is 0.593. The van der Waals surface area contributed by atoms with Gasteiger partial charge in [-0.05, 0) is 19.1 Å². The normalized spacial score (nSPS) is 10.1. The van der Waals surface area contributed by atoms with Crippen LogP contribution in [0.4, 0.5) is 0 Å². The van der Waals surface area contributed by atoms with Crippen molar-refractivity contribution < 1.29 is 32.7 Å². The minimum atomic E-state index is -4.02. The fraction of sp³-hybridized carbons (Fsp3) is 0.143. The first-order valence-electron chi connectivity index (χ1n) is 3.19. The Morgan fingerprint density at radius 1 is 1.15 bits per heavy atom. The number of rotatable bonds is 1. The van der Waals surface area contributed by atoms with E-state index < -0.39 is 10.1 Å². The van der Waals surface area contributed by atoms with Crippen LogP contribution in [0.25, 0.3) is 0 Å². The van der Waals surface area contributed by atoms with Crippen LogP contribution in [0.5, 0.6) is 0 Å². The second kappa shape index (κ2) is 5.24. The molecule has 74 valence electrons. The van der Waals surface area contributed by atoms with Gasteiger partial charge in [0.1, 0.15) is 0 Å². The molecule has 13 heavy (non-hydrogen) atoms. The van der Waals surface area contributed by atoms with Crippen molar-refractivity contribution in [2.45, 2.75) is 11.8 Å².